The molecule has 20 heavy (non-hydrogen) atoms. The number of Topliss-reactive ketones (excluding diaryl/α,β-unsaturated/α-hetero) is 2. The molecule has 0 fully saturated rings. The summed E-state index contributed by atoms with van der Waals surface area (Å²) in [6.45, 7) is 2.57. The minimum atomic E-state index is -1.96. The molecule has 5 heteroatoms. The van der Waals surface area contributed by atoms with E-state index in [1.54, 1.807) is 30.3 Å². The molecule has 1 aromatic rings. The number of rotatable bonds is 3. The van der Waals surface area contributed by atoms with Crippen LogP contribution in [0.4, 0.5) is 0 Å². The van der Waals surface area contributed by atoms with Crippen LogP contribution in [0.15, 0.2) is 36.1 Å². The molecular formula is C15H15ClO4. The lowest BCUT2D eigenvalue weighted by molar-refractivity contribution is -0.196. The standard InChI is InChI=1S/C15H15ClO4/c1-9(17)14-7-12(8-15(19,20-14)10(2)18)11-3-5-13(16)6-4-11/h3-7,12,19H,8H2,1-2H3. The number of hydrogen-bond acceptors (Lipinski definition) is 4. The van der Waals surface area contributed by atoms with E-state index in [-0.39, 0.29) is 23.9 Å². The van der Waals surface area contributed by atoms with Crippen LogP contribution in [0.5, 0.6) is 0 Å². The van der Waals surface area contributed by atoms with E-state index in [1.165, 1.54) is 13.8 Å². The second-order valence-corrected chi connectivity index (χ2v) is 5.33. The summed E-state index contributed by atoms with van der Waals surface area (Å²) in [5.74, 6) is -3.09. The average Bonchev–Trinajstić information content (AvgIpc) is 2.38. The molecule has 1 N–H and O–H groups in total. The van der Waals surface area contributed by atoms with Crippen LogP contribution in [0.2, 0.25) is 5.02 Å². The molecule has 0 spiro atoms. The number of carbonyl (C=O) groups excluding carboxylic acids is 2. The van der Waals surface area contributed by atoms with Gasteiger partial charge < -0.3 is 9.84 Å². The summed E-state index contributed by atoms with van der Waals surface area (Å²) in [6, 6.07) is 7.04. The first-order chi connectivity index (χ1) is 9.32. The third-order valence-corrected chi connectivity index (χ3v) is 3.58. The van der Waals surface area contributed by atoms with Gasteiger partial charge in [0, 0.05) is 31.2 Å². The fourth-order valence-electron chi connectivity index (χ4n) is 2.13. The lowest BCUT2D eigenvalue weighted by Crippen LogP contribution is -2.44. The SMILES string of the molecule is CC(=O)C1=CC(c2ccc(Cl)cc2)CC(O)(C(C)=O)O1. The van der Waals surface area contributed by atoms with Crippen LogP contribution in [0.3, 0.4) is 0 Å². The first kappa shape index (κ1) is 14.8. The fraction of sp³-hybridized carbons (Fsp3) is 0.333. The normalized spacial score (nSPS) is 25.6. The molecule has 0 saturated carbocycles. The van der Waals surface area contributed by atoms with Crippen LogP contribution in [0.1, 0.15) is 31.7 Å². The van der Waals surface area contributed by atoms with E-state index in [0.29, 0.717) is 5.02 Å². The molecule has 1 heterocycles. The number of ketones is 2. The summed E-state index contributed by atoms with van der Waals surface area (Å²) in [6.07, 6.45) is 1.70. The van der Waals surface area contributed by atoms with Gasteiger partial charge in [0.2, 0.25) is 5.78 Å². The van der Waals surface area contributed by atoms with E-state index in [1.807, 2.05) is 0 Å². The molecule has 0 saturated heterocycles. The van der Waals surface area contributed by atoms with Crippen molar-refractivity contribution in [2.75, 3.05) is 0 Å². The van der Waals surface area contributed by atoms with E-state index in [4.69, 9.17) is 16.3 Å². The maximum atomic E-state index is 11.6. The van der Waals surface area contributed by atoms with Crippen molar-refractivity contribution in [3.05, 3.63) is 46.7 Å². The molecule has 0 radical (unpaired) electrons. The van der Waals surface area contributed by atoms with Gasteiger partial charge in [-0.05, 0) is 23.8 Å². The van der Waals surface area contributed by atoms with Gasteiger partial charge in [0.1, 0.15) is 0 Å². The Labute approximate surface area is 122 Å². The number of hydrogen-bond donors (Lipinski definition) is 1. The Hall–Kier alpha value is -1.65. The predicted molar refractivity (Wildman–Crippen MR) is 74.3 cm³/mol. The zero-order valence-corrected chi connectivity index (χ0v) is 12.0. The van der Waals surface area contributed by atoms with Gasteiger partial charge in [-0.1, -0.05) is 23.7 Å². The lowest BCUT2D eigenvalue weighted by Gasteiger charge is -2.34. The van der Waals surface area contributed by atoms with Crippen molar-refractivity contribution in [2.45, 2.75) is 32.0 Å². The van der Waals surface area contributed by atoms with Gasteiger partial charge in [0.25, 0.3) is 5.79 Å². The van der Waals surface area contributed by atoms with Crippen molar-refractivity contribution in [1.29, 1.82) is 0 Å². The second-order valence-electron chi connectivity index (χ2n) is 4.89. The van der Waals surface area contributed by atoms with Crippen LogP contribution in [0, 0.1) is 0 Å². The summed E-state index contributed by atoms with van der Waals surface area (Å²) in [5.41, 5.74) is 0.858. The average molecular weight is 295 g/mol. The highest BCUT2D eigenvalue weighted by atomic mass is 35.5. The quantitative estimate of drug-likeness (QED) is 0.931. The molecule has 1 aliphatic rings. The summed E-state index contributed by atoms with van der Waals surface area (Å²) in [5, 5.41) is 10.9. The van der Waals surface area contributed by atoms with Crippen LogP contribution in [-0.4, -0.2) is 22.5 Å². The largest absolute Gasteiger partial charge is 0.452 e. The van der Waals surface area contributed by atoms with Gasteiger partial charge in [0.05, 0.1) is 0 Å². The smallest absolute Gasteiger partial charge is 0.268 e. The van der Waals surface area contributed by atoms with E-state index in [0.717, 1.165) is 5.56 Å². The number of benzene rings is 1. The zero-order valence-electron chi connectivity index (χ0n) is 11.2. The molecule has 0 aliphatic carbocycles. The highest BCUT2D eigenvalue weighted by Gasteiger charge is 2.42. The summed E-state index contributed by atoms with van der Waals surface area (Å²) >= 11 is 5.84. The van der Waals surface area contributed by atoms with Gasteiger partial charge >= 0.3 is 0 Å². The summed E-state index contributed by atoms with van der Waals surface area (Å²) in [4.78, 5) is 23.1. The Morgan fingerprint density at radius 3 is 2.40 bits per heavy atom. The minimum Gasteiger partial charge on any atom is -0.452 e. The first-order valence-corrected chi connectivity index (χ1v) is 6.60. The Kier molecular flexibility index (Phi) is 3.97. The number of aliphatic hydroxyl groups is 1. The van der Waals surface area contributed by atoms with Gasteiger partial charge in [0.15, 0.2) is 11.5 Å². The Bertz CT molecular complexity index is 576. The second kappa shape index (κ2) is 5.38. The first-order valence-electron chi connectivity index (χ1n) is 6.22. The van der Waals surface area contributed by atoms with Crippen molar-refractivity contribution in [3.8, 4) is 0 Å². The van der Waals surface area contributed by atoms with Crippen molar-refractivity contribution >= 4 is 23.2 Å². The molecule has 0 aromatic heterocycles. The summed E-state index contributed by atoms with van der Waals surface area (Å²) < 4.78 is 5.16. The van der Waals surface area contributed by atoms with Crippen LogP contribution in [-0.2, 0) is 14.3 Å². The molecule has 2 rings (SSSR count). The summed E-state index contributed by atoms with van der Waals surface area (Å²) in [7, 11) is 0. The van der Waals surface area contributed by atoms with E-state index in [2.05, 4.69) is 0 Å². The van der Waals surface area contributed by atoms with Gasteiger partial charge in [-0.15, -0.1) is 0 Å². The monoisotopic (exact) mass is 294 g/mol. The molecule has 4 nitrogen and oxygen atoms in total. The molecule has 0 bridgehead atoms. The zero-order chi connectivity index (χ0) is 14.9. The number of allylic oxidation sites excluding steroid dienone is 2. The third-order valence-electron chi connectivity index (χ3n) is 3.32. The number of carbonyl (C=O) groups is 2. The van der Waals surface area contributed by atoms with Gasteiger partial charge in [-0.2, -0.15) is 0 Å². The van der Waals surface area contributed by atoms with Crippen LogP contribution < -0.4 is 0 Å². The molecule has 1 aliphatic heterocycles. The van der Waals surface area contributed by atoms with E-state index < -0.39 is 11.6 Å². The van der Waals surface area contributed by atoms with Crippen LogP contribution >= 0.6 is 11.6 Å². The van der Waals surface area contributed by atoms with Crippen molar-refractivity contribution in [3.63, 3.8) is 0 Å². The van der Waals surface area contributed by atoms with Gasteiger partial charge in [-0.3, -0.25) is 9.59 Å². The lowest BCUT2D eigenvalue weighted by atomic mass is 9.87. The highest BCUT2D eigenvalue weighted by Crippen LogP contribution is 2.36. The number of ether oxygens (including phenoxy) is 1. The van der Waals surface area contributed by atoms with Crippen molar-refractivity contribution in [1.82, 2.24) is 0 Å². The topological polar surface area (TPSA) is 63.6 Å². The van der Waals surface area contributed by atoms with Crippen molar-refractivity contribution in [2.24, 2.45) is 0 Å². The maximum Gasteiger partial charge on any atom is 0.268 e. The van der Waals surface area contributed by atoms with E-state index >= 15 is 0 Å². The molecule has 106 valence electrons. The molecular weight excluding hydrogens is 280 g/mol. The van der Waals surface area contributed by atoms with Crippen LogP contribution in [0.25, 0.3) is 0 Å². The Balaban J connectivity index is 2.41. The van der Waals surface area contributed by atoms with E-state index in [9.17, 15) is 14.7 Å². The van der Waals surface area contributed by atoms with Crippen molar-refractivity contribution < 1.29 is 19.4 Å². The number of halogens is 1. The molecule has 2 atom stereocenters. The Morgan fingerprint density at radius 2 is 1.90 bits per heavy atom. The highest BCUT2D eigenvalue weighted by molar-refractivity contribution is 6.30. The fourth-order valence-corrected chi connectivity index (χ4v) is 2.25. The van der Waals surface area contributed by atoms with Gasteiger partial charge in [-0.25, -0.2) is 0 Å². The molecule has 1 aromatic carbocycles. The minimum absolute atomic E-state index is 0.00824. The predicted octanol–water partition coefficient (Wildman–Crippen LogP) is 2.59. The maximum absolute atomic E-state index is 11.6. The third kappa shape index (κ3) is 2.92. The molecule has 2 unspecified atom stereocenters. The molecule has 0 amide bonds. The Morgan fingerprint density at radius 1 is 1.30 bits per heavy atom.